The molecule has 0 aliphatic heterocycles. The van der Waals surface area contributed by atoms with Gasteiger partial charge in [-0.3, -0.25) is 0 Å². The summed E-state index contributed by atoms with van der Waals surface area (Å²) in [7, 11) is 0. The highest BCUT2D eigenvalue weighted by Crippen LogP contribution is 2.39. The number of hydrogen-bond acceptors (Lipinski definition) is 4. The molecule has 0 saturated heterocycles. The van der Waals surface area contributed by atoms with Crippen molar-refractivity contribution in [2.75, 3.05) is 0 Å². The van der Waals surface area contributed by atoms with Crippen molar-refractivity contribution < 1.29 is 15.3 Å². The van der Waals surface area contributed by atoms with Crippen LogP contribution in [0.2, 0.25) is 0 Å². The maximum absolute atomic E-state index is 9.73. The molecule has 0 unspecified atom stereocenters. The van der Waals surface area contributed by atoms with E-state index in [9.17, 15) is 15.3 Å². The van der Waals surface area contributed by atoms with E-state index in [1.54, 1.807) is 6.07 Å². The van der Waals surface area contributed by atoms with Crippen LogP contribution in [0.4, 0.5) is 0 Å². The van der Waals surface area contributed by atoms with Crippen LogP contribution in [0.5, 0.6) is 11.5 Å². The molecule has 1 aliphatic rings. The third-order valence-electron chi connectivity index (χ3n) is 2.75. The van der Waals surface area contributed by atoms with E-state index in [0.29, 0.717) is 24.0 Å². The summed E-state index contributed by atoms with van der Waals surface area (Å²) in [6.45, 7) is 0. The molecule has 76 valence electrons. The fourth-order valence-electron chi connectivity index (χ4n) is 1.88. The fourth-order valence-corrected chi connectivity index (χ4v) is 1.88. The molecular formula is C10H13NO3. The Morgan fingerprint density at radius 2 is 2.00 bits per heavy atom. The Kier molecular flexibility index (Phi) is 2.09. The summed E-state index contributed by atoms with van der Waals surface area (Å²) in [5, 5.41) is 28.5. The minimum atomic E-state index is -0.745. The Labute approximate surface area is 81.6 Å². The van der Waals surface area contributed by atoms with E-state index in [-0.39, 0.29) is 17.5 Å². The molecule has 4 heteroatoms. The van der Waals surface area contributed by atoms with Crippen LogP contribution >= 0.6 is 0 Å². The summed E-state index contributed by atoms with van der Waals surface area (Å²) in [4.78, 5) is 0. The predicted molar refractivity (Wildman–Crippen MR) is 51.0 cm³/mol. The lowest BCUT2D eigenvalue weighted by atomic mass is 9.85. The van der Waals surface area contributed by atoms with Crippen molar-refractivity contribution in [1.82, 2.24) is 0 Å². The first-order chi connectivity index (χ1) is 6.61. The minimum absolute atomic E-state index is 0.131. The zero-order valence-electron chi connectivity index (χ0n) is 7.64. The predicted octanol–water partition coefficient (Wildman–Crippen LogP) is 0.405. The Morgan fingerprint density at radius 3 is 2.71 bits per heavy atom. The van der Waals surface area contributed by atoms with Crippen molar-refractivity contribution in [3.8, 4) is 11.5 Å². The number of aromatic hydroxyl groups is 2. The van der Waals surface area contributed by atoms with E-state index >= 15 is 0 Å². The fraction of sp³-hybridized carbons (Fsp3) is 0.400. The zero-order valence-corrected chi connectivity index (χ0v) is 7.64. The SMILES string of the molecule is N[C@@H]1CCc2c(ccc(O)c2O)[C@@H]1O. The van der Waals surface area contributed by atoms with E-state index in [4.69, 9.17) is 5.73 Å². The molecule has 0 spiro atoms. The summed E-state index contributed by atoms with van der Waals surface area (Å²) >= 11 is 0. The molecule has 2 rings (SSSR count). The largest absolute Gasteiger partial charge is 0.504 e. The minimum Gasteiger partial charge on any atom is -0.504 e. The molecule has 0 radical (unpaired) electrons. The van der Waals surface area contributed by atoms with Crippen molar-refractivity contribution in [2.45, 2.75) is 25.0 Å². The quantitative estimate of drug-likeness (QED) is 0.451. The van der Waals surface area contributed by atoms with Gasteiger partial charge in [-0.15, -0.1) is 0 Å². The first kappa shape index (κ1) is 9.30. The van der Waals surface area contributed by atoms with Crippen LogP contribution in [0.1, 0.15) is 23.7 Å². The molecular weight excluding hydrogens is 182 g/mol. The van der Waals surface area contributed by atoms with Gasteiger partial charge in [0.05, 0.1) is 6.10 Å². The van der Waals surface area contributed by atoms with Gasteiger partial charge in [0, 0.05) is 11.6 Å². The smallest absolute Gasteiger partial charge is 0.161 e. The maximum Gasteiger partial charge on any atom is 0.161 e. The topological polar surface area (TPSA) is 86.7 Å². The normalized spacial score (nSPS) is 25.9. The molecule has 14 heavy (non-hydrogen) atoms. The standard InChI is InChI=1S/C10H13NO3/c11-7-3-1-6-5(9(7)13)2-4-8(12)10(6)14/h2,4,7,9,12-14H,1,3,11H2/t7-,9+/m1/s1. The molecule has 0 saturated carbocycles. The van der Waals surface area contributed by atoms with Gasteiger partial charge >= 0.3 is 0 Å². The van der Waals surface area contributed by atoms with E-state index in [2.05, 4.69) is 0 Å². The van der Waals surface area contributed by atoms with Crippen molar-refractivity contribution >= 4 is 0 Å². The van der Waals surface area contributed by atoms with Crippen molar-refractivity contribution in [3.63, 3.8) is 0 Å². The van der Waals surface area contributed by atoms with Crippen LogP contribution in [0, 0.1) is 0 Å². The molecule has 4 nitrogen and oxygen atoms in total. The number of aliphatic hydroxyl groups is 1. The van der Waals surface area contributed by atoms with Crippen molar-refractivity contribution in [2.24, 2.45) is 5.73 Å². The van der Waals surface area contributed by atoms with Gasteiger partial charge in [-0.05, 0) is 24.5 Å². The van der Waals surface area contributed by atoms with E-state index in [1.807, 2.05) is 0 Å². The van der Waals surface area contributed by atoms with Crippen molar-refractivity contribution in [3.05, 3.63) is 23.3 Å². The van der Waals surface area contributed by atoms with Gasteiger partial charge in [0.1, 0.15) is 0 Å². The van der Waals surface area contributed by atoms with Gasteiger partial charge in [-0.25, -0.2) is 0 Å². The zero-order chi connectivity index (χ0) is 10.3. The number of aliphatic hydroxyl groups excluding tert-OH is 1. The Balaban J connectivity index is 2.53. The average Bonchev–Trinajstić information content (AvgIpc) is 2.17. The number of phenols is 2. The van der Waals surface area contributed by atoms with Gasteiger partial charge in [0.15, 0.2) is 11.5 Å². The molecule has 1 aromatic carbocycles. The number of fused-ring (bicyclic) bond motifs is 1. The van der Waals surface area contributed by atoms with Crippen LogP contribution in [-0.4, -0.2) is 21.4 Å². The monoisotopic (exact) mass is 195 g/mol. The number of hydrogen-bond donors (Lipinski definition) is 4. The molecule has 0 amide bonds. The van der Waals surface area contributed by atoms with Gasteiger partial charge in [-0.2, -0.15) is 0 Å². The Morgan fingerprint density at radius 1 is 1.29 bits per heavy atom. The lowest BCUT2D eigenvalue weighted by molar-refractivity contribution is 0.133. The van der Waals surface area contributed by atoms with Gasteiger partial charge in [0.2, 0.25) is 0 Å². The average molecular weight is 195 g/mol. The lowest BCUT2D eigenvalue weighted by Gasteiger charge is -2.27. The molecule has 1 aromatic rings. The van der Waals surface area contributed by atoms with E-state index < -0.39 is 6.10 Å². The summed E-state index contributed by atoms with van der Waals surface area (Å²) in [5.41, 5.74) is 6.92. The van der Waals surface area contributed by atoms with E-state index in [0.717, 1.165) is 0 Å². The third-order valence-corrected chi connectivity index (χ3v) is 2.75. The van der Waals surface area contributed by atoms with Gasteiger partial charge in [-0.1, -0.05) is 6.07 Å². The molecule has 5 N–H and O–H groups in total. The number of nitrogens with two attached hydrogens (primary N) is 1. The molecule has 0 heterocycles. The molecule has 0 fully saturated rings. The molecule has 0 bridgehead atoms. The second kappa shape index (κ2) is 3.15. The summed E-state index contributed by atoms with van der Waals surface area (Å²) in [5.74, 6) is -0.278. The van der Waals surface area contributed by atoms with E-state index in [1.165, 1.54) is 6.07 Å². The van der Waals surface area contributed by atoms with Crippen molar-refractivity contribution in [1.29, 1.82) is 0 Å². The van der Waals surface area contributed by atoms with Crippen LogP contribution in [-0.2, 0) is 6.42 Å². The second-order valence-electron chi connectivity index (χ2n) is 3.65. The van der Waals surface area contributed by atoms with Crippen LogP contribution in [0.25, 0.3) is 0 Å². The molecule has 0 aromatic heterocycles. The van der Waals surface area contributed by atoms with Crippen LogP contribution in [0.15, 0.2) is 12.1 Å². The first-order valence-electron chi connectivity index (χ1n) is 4.58. The van der Waals surface area contributed by atoms with Gasteiger partial charge < -0.3 is 21.1 Å². The number of benzene rings is 1. The Hall–Kier alpha value is -1.26. The summed E-state index contributed by atoms with van der Waals surface area (Å²) in [6, 6.07) is 2.69. The van der Waals surface area contributed by atoms with Crippen LogP contribution in [0.3, 0.4) is 0 Å². The highest BCUT2D eigenvalue weighted by atomic mass is 16.3. The molecule has 2 atom stereocenters. The summed E-state index contributed by atoms with van der Waals surface area (Å²) < 4.78 is 0. The highest BCUT2D eigenvalue weighted by molar-refractivity contribution is 5.51. The highest BCUT2D eigenvalue weighted by Gasteiger charge is 2.27. The lowest BCUT2D eigenvalue weighted by Crippen LogP contribution is -2.32. The number of rotatable bonds is 0. The summed E-state index contributed by atoms with van der Waals surface area (Å²) in [6.07, 6.45) is 0.462. The second-order valence-corrected chi connectivity index (χ2v) is 3.65. The number of phenolic OH excluding ortho intramolecular Hbond substituents is 2. The first-order valence-corrected chi connectivity index (χ1v) is 4.58. The third kappa shape index (κ3) is 1.23. The van der Waals surface area contributed by atoms with Gasteiger partial charge in [0.25, 0.3) is 0 Å². The molecule has 1 aliphatic carbocycles. The van der Waals surface area contributed by atoms with Crippen LogP contribution < -0.4 is 5.73 Å². The Bertz CT molecular complexity index is 365. The maximum atomic E-state index is 9.73.